The first-order valence-corrected chi connectivity index (χ1v) is 8.03. The SMILES string of the molecule is COc1cc(-c2ccc3nc(N)nc(-c4ccccc4)c3n2)ccc1O. The molecule has 0 radical (unpaired) electrons. The van der Waals surface area contributed by atoms with E-state index in [1.54, 1.807) is 18.2 Å². The summed E-state index contributed by atoms with van der Waals surface area (Å²) >= 11 is 0. The Morgan fingerprint density at radius 1 is 0.885 bits per heavy atom. The van der Waals surface area contributed by atoms with Gasteiger partial charge in [-0.3, -0.25) is 0 Å². The van der Waals surface area contributed by atoms with E-state index in [1.165, 1.54) is 7.11 Å². The highest BCUT2D eigenvalue weighted by molar-refractivity contribution is 5.91. The molecule has 0 amide bonds. The number of nitrogen functional groups attached to an aromatic ring is 1. The van der Waals surface area contributed by atoms with Crippen molar-refractivity contribution < 1.29 is 9.84 Å². The summed E-state index contributed by atoms with van der Waals surface area (Å²) in [6.07, 6.45) is 0. The summed E-state index contributed by atoms with van der Waals surface area (Å²) in [7, 11) is 1.51. The van der Waals surface area contributed by atoms with Crippen molar-refractivity contribution in [2.75, 3.05) is 12.8 Å². The van der Waals surface area contributed by atoms with Gasteiger partial charge in [-0.05, 0) is 30.3 Å². The van der Waals surface area contributed by atoms with Gasteiger partial charge in [0.1, 0.15) is 11.2 Å². The van der Waals surface area contributed by atoms with Gasteiger partial charge >= 0.3 is 0 Å². The zero-order valence-corrected chi connectivity index (χ0v) is 14.0. The predicted octanol–water partition coefficient (Wildman–Crippen LogP) is 3.66. The molecule has 0 unspecified atom stereocenters. The van der Waals surface area contributed by atoms with Gasteiger partial charge in [-0.1, -0.05) is 30.3 Å². The van der Waals surface area contributed by atoms with Gasteiger partial charge in [-0.25, -0.2) is 15.0 Å². The maximum atomic E-state index is 9.80. The van der Waals surface area contributed by atoms with Gasteiger partial charge in [0.2, 0.25) is 5.95 Å². The molecule has 26 heavy (non-hydrogen) atoms. The van der Waals surface area contributed by atoms with E-state index in [0.717, 1.165) is 16.8 Å². The maximum Gasteiger partial charge on any atom is 0.221 e. The second-order valence-electron chi connectivity index (χ2n) is 5.75. The van der Waals surface area contributed by atoms with Gasteiger partial charge in [0.15, 0.2) is 11.5 Å². The number of nitrogens with two attached hydrogens (primary N) is 1. The van der Waals surface area contributed by atoms with E-state index in [-0.39, 0.29) is 11.7 Å². The van der Waals surface area contributed by atoms with Crippen LogP contribution in [0.3, 0.4) is 0 Å². The number of nitrogens with zero attached hydrogens (tertiary/aromatic N) is 3. The Kier molecular flexibility index (Phi) is 3.85. The van der Waals surface area contributed by atoms with Crippen LogP contribution in [0.2, 0.25) is 0 Å². The number of ether oxygens (including phenoxy) is 1. The highest BCUT2D eigenvalue weighted by Gasteiger charge is 2.12. The molecule has 0 spiro atoms. The molecular weight excluding hydrogens is 328 g/mol. The molecule has 0 aliphatic rings. The zero-order valence-electron chi connectivity index (χ0n) is 14.0. The lowest BCUT2D eigenvalue weighted by Gasteiger charge is -2.10. The third kappa shape index (κ3) is 2.77. The first-order chi connectivity index (χ1) is 12.7. The molecule has 2 aromatic carbocycles. The number of hydrogen-bond acceptors (Lipinski definition) is 6. The van der Waals surface area contributed by atoms with E-state index in [4.69, 9.17) is 15.5 Å². The number of phenolic OH excluding ortho intramolecular Hbond substituents is 1. The van der Waals surface area contributed by atoms with Crippen LogP contribution in [0.1, 0.15) is 0 Å². The van der Waals surface area contributed by atoms with E-state index in [1.807, 2.05) is 42.5 Å². The maximum absolute atomic E-state index is 9.80. The number of aromatic nitrogens is 3. The molecule has 6 heteroatoms. The standard InChI is InChI=1S/C20H16N4O2/c1-26-17-11-13(7-10-16(17)25)14-8-9-15-19(22-14)18(24-20(21)23-15)12-5-3-2-4-6-12/h2-11,25H,1H3,(H2,21,23,24). The van der Waals surface area contributed by atoms with Gasteiger partial charge < -0.3 is 15.6 Å². The third-order valence-electron chi connectivity index (χ3n) is 4.08. The second kappa shape index (κ2) is 6.33. The first kappa shape index (κ1) is 15.8. The van der Waals surface area contributed by atoms with Crippen LogP contribution in [0.25, 0.3) is 33.5 Å². The number of benzene rings is 2. The average Bonchev–Trinajstić information content (AvgIpc) is 2.68. The monoisotopic (exact) mass is 344 g/mol. The summed E-state index contributed by atoms with van der Waals surface area (Å²) in [6.45, 7) is 0. The van der Waals surface area contributed by atoms with Crippen molar-refractivity contribution in [3.63, 3.8) is 0 Å². The summed E-state index contributed by atoms with van der Waals surface area (Å²) in [4.78, 5) is 13.4. The molecule has 0 aliphatic heterocycles. The first-order valence-electron chi connectivity index (χ1n) is 8.03. The molecular formula is C20H16N4O2. The normalized spacial score (nSPS) is 10.8. The Labute approximate surface area is 149 Å². The fourth-order valence-corrected chi connectivity index (χ4v) is 2.83. The van der Waals surface area contributed by atoms with Crippen LogP contribution in [0, 0.1) is 0 Å². The number of fused-ring (bicyclic) bond motifs is 1. The minimum Gasteiger partial charge on any atom is -0.504 e. The molecule has 0 saturated carbocycles. The number of aromatic hydroxyl groups is 1. The van der Waals surface area contributed by atoms with Crippen LogP contribution in [0.5, 0.6) is 11.5 Å². The van der Waals surface area contributed by atoms with Crippen molar-refractivity contribution in [2.24, 2.45) is 0 Å². The van der Waals surface area contributed by atoms with Crippen molar-refractivity contribution in [2.45, 2.75) is 0 Å². The van der Waals surface area contributed by atoms with Crippen molar-refractivity contribution >= 4 is 17.0 Å². The number of phenols is 1. The molecule has 4 rings (SSSR count). The van der Waals surface area contributed by atoms with Crippen LogP contribution >= 0.6 is 0 Å². The molecule has 0 aliphatic carbocycles. The Bertz CT molecular complexity index is 1100. The smallest absolute Gasteiger partial charge is 0.221 e. The van der Waals surface area contributed by atoms with Crippen LogP contribution in [0.4, 0.5) is 5.95 Å². The van der Waals surface area contributed by atoms with Crippen molar-refractivity contribution in [1.29, 1.82) is 0 Å². The predicted molar refractivity (Wildman–Crippen MR) is 101 cm³/mol. The Balaban J connectivity index is 1.93. The molecule has 0 fully saturated rings. The average molecular weight is 344 g/mol. The summed E-state index contributed by atoms with van der Waals surface area (Å²) in [5, 5.41) is 9.80. The largest absolute Gasteiger partial charge is 0.504 e. The summed E-state index contributed by atoms with van der Waals surface area (Å²) in [5.74, 6) is 0.677. The van der Waals surface area contributed by atoms with Gasteiger partial charge in [-0.15, -0.1) is 0 Å². The highest BCUT2D eigenvalue weighted by Crippen LogP contribution is 2.32. The van der Waals surface area contributed by atoms with E-state index >= 15 is 0 Å². The van der Waals surface area contributed by atoms with Crippen molar-refractivity contribution in [1.82, 2.24) is 15.0 Å². The molecule has 4 aromatic rings. The molecule has 2 aromatic heterocycles. The zero-order chi connectivity index (χ0) is 18.1. The molecule has 0 atom stereocenters. The van der Waals surface area contributed by atoms with Crippen LogP contribution in [-0.4, -0.2) is 27.2 Å². The van der Waals surface area contributed by atoms with E-state index in [0.29, 0.717) is 22.5 Å². The molecule has 6 nitrogen and oxygen atoms in total. The lowest BCUT2D eigenvalue weighted by molar-refractivity contribution is 0.373. The summed E-state index contributed by atoms with van der Waals surface area (Å²) < 4.78 is 5.18. The van der Waals surface area contributed by atoms with Gasteiger partial charge in [-0.2, -0.15) is 0 Å². The number of hydrogen-bond donors (Lipinski definition) is 2. The highest BCUT2D eigenvalue weighted by atomic mass is 16.5. The van der Waals surface area contributed by atoms with Gasteiger partial charge in [0.25, 0.3) is 0 Å². The van der Waals surface area contributed by atoms with Gasteiger partial charge in [0, 0.05) is 11.1 Å². The molecule has 128 valence electrons. The Morgan fingerprint density at radius 3 is 2.46 bits per heavy atom. The second-order valence-corrected chi connectivity index (χ2v) is 5.75. The van der Waals surface area contributed by atoms with E-state index < -0.39 is 0 Å². The number of anilines is 1. The van der Waals surface area contributed by atoms with E-state index in [2.05, 4.69) is 9.97 Å². The number of rotatable bonds is 3. The lowest BCUT2D eigenvalue weighted by Crippen LogP contribution is -2.00. The number of methoxy groups -OCH3 is 1. The van der Waals surface area contributed by atoms with Crippen LogP contribution < -0.4 is 10.5 Å². The van der Waals surface area contributed by atoms with E-state index in [9.17, 15) is 5.11 Å². The number of pyridine rings is 1. The topological polar surface area (TPSA) is 94.2 Å². The van der Waals surface area contributed by atoms with Crippen LogP contribution in [0.15, 0.2) is 60.7 Å². The fourth-order valence-electron chi connectivity index (χ4n) is 2.83. The van der Waals surface area contributed by atoms with Gasteiger partial charge in [0.05, 0.1) is 18.3 Å². The summed E-state index contributed by atoms with van der Waals surface area (Å²) in [6, 6.07) is 18.6. The fraction of sp³-hybridized carbons (Fsp3) is 0.0500. The Hall–Kier alpha value is -3.67. The molecule has 3 N–H and O–H groups in total. The Morgan fingerprint density at radius 2 is 1.69 bits per heavy atom. The molecule has 0 bridgehead atoms. The van der Waals surface area contributed by atoms with Crippen LogP contribution in [-0.2, 0) is 0 Å². The minimum atomic E-state index is 0.0816. The summed E-state index contributed by atoms with van der Waals surface area (Å²) in [5.41, 5.74) is 10.3. The van der Waals surface area contributed by atoms with Crippen molar-refractivity contribution in [3.8, 4) is 34.0 Å². The quantitative estimate of drug-likeness (QED) is 0.589. The molecule has 2 heterocycles. The molecule has 0 saturated heterocycles. The lowest BCUT2D eigenvalue weighted by atomic mass is 10.1. The van der Waals surface area contributed by atoms with Crippen molar-refractivity contribution in [3.05, 3.63) is 60.7 Å². The third-order valence-corrected chi connectivity index (χ3v) is 4.08. The minimum absolute atomic E-state index is 0.0816.